The van der Waals surface area contributed by atoms with Crippen LogP contribution in [0.3, 0.4) is 0 Å². The van der Waals surface area contributed by atoms with Crippen molar-refractivity contribution < 1.29 is 13.6 Å². The van der Waals surface area contributed by atoms with Gasteiger partial charge >= 0.3 is 0 Å². The fourth-order valence-electron chi connectivity index (χ4n) is 1.42. The summed E-state index contributed by atoms with van der Waals surface area (Å²) in [4.78, 5) is 11.2. The Morgan fingerprint density at radius 2 is 2.19 bits per heavy atom. The molecule has 0 fully saturated rings. The Labute approximate surface area is 89.9 Å². The number of nitrogens with zero attached hydrogens (tertiary/aromatic N) is 3. The molecular formula is C10H9F2N3O. The number of Topliss-reactive ketones (excluding diaryl/α,β-unsaturated/α-hetero) is 1. The summed E-state index contributed by atoms with van der Waals surface area (Å²) in [6, 6.07) is 2.49. The zero-order valence-electron chi connectivity index (χ0n) is 8.74. The molecule has 0 amide bonds. The molecule has 6 heteroatoms. The number of hydrogen-bond acceptors (Lipinski definition) is 3. The first-order chi connectivity index (χ1) is 7.39. The Morgan fingerprint density at radius 3 is 2.75 bits per heavy atom. The van der Waals surface area contributed by atoms with Gasteiger partial charge in [-0.05, 0) is 12.1 Å². The van der Waals surface area contributed by atoms with E-state index in [0.29, 0.717) is 5.52 Å². The molecule has 0 aliphatic carbocycles. The lowest BCUT2D eigenvalue weighted by atomic mass is 10.1. The highest BCUT2D eigenvalue weighted by Gasteiger charge is 2.25. The van der Waals surface area contributed by atoms with Crippen LogP contribution in [0.15, 0.2) is 18.3 Å². The number of aromatic nitrogens is 3. The van der Waals surface area contributed by atoms with E-state index in [2.05, 4.69) is 10.3 Å². The van der Waals surface area contributed by atoms with Gasteiger partial charge in [-0.25, -0.2) is 13.3 Å². The van der Waals surface area contributed by atoms with Gasteiger partial charge < -0.3 is 0 Å². The van der Waals surface area contributed by atoms with Crippen LogP contribution in [0.4, 0.5) is 8.78 Å². The minimum absolute atomic E-state index is 0.103. The minimum atomic E-state index is -2.94. The molecule has 0 aliphatic heterocycles. The summed E-state index contributed by atoms with van der Waals surface area (Å²) in [6.07, 6.45) is 1.36. The normalized spacial score (nSPS) is 12.0. The van der Waals surface area contributed by atoms with Gasteiger partial charge in [-0.15, -0.1) is 5.10 Å². The zero-order chi connectivity index (χ0) is 11.9. The lowest BCUT2D eigenvalue weighted by Gasteiger charge is -2.10. The topological polar surface area (TPSA) is 47.3 Å². The highest BCUT2D eigenvalue weighted by atomic mass is 19.3. The summed E-state index contributed by atoms with van der Waals surface area (Å²) < 4.78 is 27.5. The maximum absolute atomic E-state index is 13.1. The van der Waals surface area contributed by atoms with Crippen LogP contribution in [0, 0.1) is 0 Å². The predicted molar refractivity (Wildman–Crippen MR) is 52.6 cm³/mol. The van der Waals surface area contributed by atoms with Gasteiger partial charge in [0, 0.05) is 25.6 Å². The van der Waals surface area contributed by atoms with Crippen molar-refractivity contribution in [3.8, 4) is 0 Å². The maximum Gasteiger partial charge on any atom is 0.270 e. The molecule has 84 valence electrons. The molecule has 0 bridgehead atoms. The highest BCUT2D eigenvalue weighted by Crippen LogP contribution is 2.27. The van der Waals surface area contributed by atoms with E-state index in [9.17, 15) is 13.6 Å². The monoisotopic (exact) mass is 225 g/mol. The zero-order valence-corrected chi connectivity index (χ0v) is 8.74. The van der Waals surface area contributed by atoms with Crippen molar-refractivity contribution in [2.45, 2.75) is 19.8 Å². The van der Waals surface area contributed by atoms with Crippen molar-refractivity contribution in [3.05, 3.63) is 29.6 Å². The van der Waals surface area contributed by atoms with E-state index in [4.69, 9.17) is 0 Å². The molecule has 0 saturated heterocycles. The van der Waals surface area contributed by atoms with Crippen LogP contribution < -0.4 is 0 Å². The Bertz CT molecular complexity index is 557. The second-order valence-electron chi connectivity index (χ2n) is 3.63. The third kappa shape index (κ3) is 1.66. The van der Waals surface area contributed by atoms with E-state index in [1.165, 1.54) is 29.8 Å². The van der Waals surface area contributed by atoms with Gasteiger partial charge in [-0.2, -0.15) is 0 Å². The molecule has 4 nitrogen and oxygen atoms in total. The molecule has 0 radical (unpaired) electrons. The molecule has 0 aliphatic rings. The average molecular weight is 225 g/mol. The molecule has 0 N–H and O–H groups in total. The summed E-state index contributed by atoms with van der Waals surface area (Å²) in [7, 11) is 0. The largest absolute Gasteiger partial charge is 0.293 e. The average Bonchev–Trinajstić information content (AvgIpc) is 2.58. The molecule has 2 aromatic rings. The van der Waals surface area contributed by atoms with E-state index >= 15 is 0 Å². The van der Waals surface area contributed by atoms with Gasteiger partial charge in [0.05, 0.1) is 5.52 Å². The molecule has 0 aromatic carbocycles. The first-order valence-corrected chi connectivity index (χ1v) is 4.64. The Balaban J connectivity index is 2.68. The van der Waals surface area contributed by atoms with Gasteiger partial charge in [-0.1, -0.05) is 5.21 Å². The smallest absolute Gasteiger partial charge is 0.270 e. The van der Waals surface area contributed by atoms with Crippen LogP contribution in [-0.4, -0.2) is 20.6 Å². The molecular weight excluding hydrogens is 216 g/mol. The summed E-state index contributed by atoms with van der Waals surface area (Å²) in [5.41, 5.74) is 0.238. The number of carbonyl (C=O) groups excluding carboxylic acids is 1. The third-order valence-electron chi connectivity index (χ3n) is 2.26. The van der Waals surface area contributed by atoms with E-state index in [1.54, 1.807) is 0 Å². The summed E-state index contributed by atoms with van der Waals surface area (Å²) in [6.45, 7) is 2.12. The Hall–Kier alpha value is -1.85. The number of alkyl halides is 2. The van der Waals surface area contributed by atoms with Crippen LogP contribution in [-0.2, 0) is 5.92 Å². The minimum Gasteiger partial charge on any atom is -0.293 e. The summed E-state index contributed by atoms with van der Waals surface area (Å²) >= 11 is 0. The molecule has 0 unspecified atom stereocenters. The molecule has 2 aromatic heterocycles. The number of ketones is 1. The molecule has 2 heterocycles. The van der Waals surface area contributed by atoms with Crippen LogP contribution in [0.5, 0.6) is 0 Å². The molecule has 0 atom stereocenters. The fourth-order valence-corrected chi connectivity index (χ4v) is 1.42. The SMILES string of the molecule is CC(=O)c1nnn2ccc(C(C)(F)F)cc12. The third-order valence-corrected chi connectivity index (χ3v) is 2.26. The first-order valence-electron chi connectivity index (χ1n) is 4.64. The van der Waals surface area contributed by atoms with Gasteiger partial charge in [0.25, 0.3) is 5.92 Å². The maximum atomic E-state index is 13.1. The van der Waals surface area contributed by atoms with Crippen molar-refractivity contribution in [2.75, 3.05) is 0 Å². The number of hydrogen-bond donors (Lipinski definition) is 0. The summed E-state index contributed by atoms with van der Waals surface area (Å²) in [5.74, 6) is -3.24. The van der Waals surface area contributed by atoms with E-state index in [1.807, 2.05) is 0 Å². The number of carbonyl (C=O) groups is 1. The van der Waals surface area contributed by atoms with E-state index < -0.39 is 5.92 Å². The van der Waals surface area contributed by atoms with Gasteiger partial charge in [-0.3, -0.25) is 4.79 Å². The fraction of sp³-hybridized carbons (Fsp3) is 0.300. The van der Waals surface area contributed by atoms with Crippen molar-refractivity contribution in [1.82, 2.24) is 14.8 Å². The molecule has 16 heavy (non-hydrogen) atoms. The van der Waals surface area contributed by atoms with Gasteiger partial charge in [0.2, 0.25) is 0 Å². The Kier molecular flexibility index (Phi) is 2.22. The quantitative estimate of drug-likeness (QED) is 0.735. The number of pyridine rings is 1. The van der Waals surface area contributed by atoms with Gasteiger partial charge in [0.1, 0.15) is 0 Å². The van der Waals surface area contributed by atoms with E-state index in [0.717, 1.165) is 6.92 Å². The first kappa shape index (κ1) is 10.7. The Morgan fingerprint density at radius 1 is 1.50 bits per heavy atom. The second-order valence-corrected chi connectivity index (χ2v) is 3.63. The molecule has 2 rings (SSSR count). The standard InChI is InChI=1S/C10H9F2N3O/c1-6(16)9-8-5-7(10(2,11)12)3-4-15(8)14-13-9/h3-5H,1-2H3. The van der Waals surface area contributed by atoms with Crippen molar-refractivity contribution in [1.29, 1.82) is 0 Å². The summed E-state index contributed by atoms with van der Waals surface area (Å²) in [5, 5.41) is 7.30. The van der Waals surface area contributed by atoms with E-state index in [-0.39, 0.29) is 17.0 Å². The lowest BCUT2D eigenvalue weighted by Crippen LogP contribution is -2.07. The van der Waals surface area contributed by atoms with Crippen LogP contribution in [0.2, 0.25) is 0 Å². The predicted octanol–water partition coefficient (Wildman–Crippen LogP) is 2.04. The van der Waals surface area contributed by atoms with Crippen molar-refractivity contribution in [3.63, 3.8) is 0 Å². The molecule has 0 saturated carbocycles. The van der Waals surface area contributed by atoms with Crippen LogP contribution in [0.1, 0.15) is 29.9 Å². The van der Waals surface area contributed by atoms with Crippen LogP contribution in [0.25, 0.3) is 5.52 Å². The van der Waals surface area contributed by atoms with Crippen molar-refractivity contribution >= 4 is 11.3 Å². The number of halogens is 2. The number of rotatable bonds is 2. The van der Waals surface area contributed by atoms with Crippen molar-refractivity contribution in [2.24, 2.45) is 0 Å². The highest BCUT2D eigenvalue weighted by molar-refractivity contribution is 5.98. The van der Waals surface area contributed by atoms with Crippen LogP contribution >= 0.6 is 0 Å². The second kappa shape index (κ2) is 3.33. The molecule has 0 spiro atoms. The lowest BCUT2D eigenvalue weighted by molar-refractivity contribution is 0.0175. The van der Waals surface area contributed by atoms with Gasteiger partial charge in [0.15, 0.2) is 11.5 Å². The number of fused-ring (bicyclic) bond motifs is 1.